The molecule has 0 bridgehead atoms. The van der Waals surface area contributed by atoms with E-state index in [2.05, 4.69) is 4.72 Å². The maximum Gasteiger partial charge on any atom is 0.241 e. The summed E-state index contributed by atoms with van der Waals surface area (Å²) in [7, 11) is -3.69. The van der Waals surface area contributed by atoms with E-state index in [-0.39, 0.29) is 22.1 Å². The van der Waals surface area contributed by atoms with Gasteiger partial charge in [0.25, 0.3) is 0 Å². The van der Waals surface area contributed by atoms with Crippen LogP contribution in [-0.2, 0) is 10.0 Å². The van der Waals surface area contributed by atoms with Crippen molar-refractivity contribution in [1.82, 2.24) is 4.72 Å². The number of nitrogens with one attached hydrogen (secondary N) is 1. The number of Topliss-reactive ketones (excluding diaryl/α,β-unsaturated/α-hetero) is 1. The van der Waals surface area contributed by atoms with Gasteiger partial charge in [-0.05, 0) is 30.0 Å². The molecule has 0 saturated heterocycles. The molecule has 4 nitrogen and oxygen atoms in total. The molecule has 1 N–H and O–H groups in total. The fourth-order valence-corrected chi connectivity index (χ4v) is 3.91. The fourth-order valence-electron chi connectivity index (χ4n) is 2.48. The maximum absolute atomic E-state index is 12.7. The molecule has 128 valence electrons. The Morgan fingerprint density at radius 2 is 1.50 bits per heavy atom. The van der Waals surface area contributed by atoms with Crippen LogP contribution < -0.4 is 4.72 Å². The van der Waals surface area contributed by atoms with Crippen LogP contribution in [-0.4, -0.2) is 14.2 Å². The summed E-state index contributed by atoms with van der Waals surface area (Å²) in [5, 5.41) is 0. The van der Waals surface area contributed by atoms with E-state index in [0.717, 1.165) is 5.56 Å². The van der Waals surface area contributed by atoms with E-state index in [1.165, 1.54) is 31.2 Å². The van der Waals surface area contributed by atoms with Gasteiger partial charge in [-0.25, -0.2) is 13.1 Å². The van der Waals surface area contributed by atoms with Crippen molar-refractivity contribution in [3.63, 3.8) is 0 Å². The van der Waals surface area contributed by atoms with Gasteiger partial charge in [-0.3, -0.25) is 4.79 Å². The van der Waals surface area contributed by atoms with Gasteiger partial charge >= 0.3 is 0 Å². The number of sulfonamides is 1. The molecule has 1 atom stereocenters. The largest absolute Gasteiger partial charge is 0.295 e. The van der Waals surface area contributed by atoms with Crippen molar-refractivity contribution in [2.75, 3.05) is 0 Å². The zero-order valence-electron chi connectivity index (χ0n) is 14.4. The summed E-state index contributed by atoms with van der Waals surface area (Å²) in [5.41, 5.74) is 1.10. The SMILES string of the molecule is CC(=O)c1ccc(S(=O)(=O)N[C@H](c2ccccc2)C(C)(C)C)cc1. The van der Waals surface area contributed by atoms with Crippen molar-refractivity contribution >= 4 is 15.8 Å². The van der Waals surface area contributed by atoms with Crippen molar-refractivity contribution < 1.29 is 13.2 Å². The topological polar surface area (TPSA) is 63.2 Å². The van der Waals surface area contributed by atoms with Gasteiger partial charge < -0.3 is 0 Å². The number of carbonyl (C=O) groups excluding carboxylic acids is 1. The molecule has 0 radical (unpaired) electrons. The van der Waals surface area contributed by atoms with E-state index in [9.17, 15) is 13.2 Å². The van der Waals surface area contributed by atoms with Gasteiger partial charge in [-0.15, -0.1) is 0 Å². The van der Waals surface area contributed by atoms with E-state index in [0.29, 0.717) is 5.56 Å². The monoisotopic (exact) mass is 345 g/mol. The first-order valence-electron chi connectivity index (χ1n) is 7.79. The summed E-state index contributed by atoms with van der Waals surface area (Å²) in [5.74, 6) is -0.0937. The van der Waals surface area contributed by atoms with Gasteiger partial charge in [0.1, 0.15) is 0 Å². The number of hydrogen-bond acceptors (Lipinski definition) is 3. The van der Waals surface area contributed by atoms with Crippen LogP contribution >= 0.6 is 0 Å². The third kappa shape index (κ3) is 4.30. The van der Waals surface area contributed by atoms with Crippen LogP contribution in [0.15, 0.2) is 59.5 Å². The molecule has 0 unspecified atom stereocenters. The highest BCUT2D eigenvalue weighted by Gasteiger charge is 2.30. The quantitative estimate of drug-likeness (QED) is 0.835. The number of hydrogen-bond donors (Lipinski definition) is 1. The van der Waals surface area contributed by atoms with E-state index in [1.54, 1.807) is 0 Å². The lowest BCUT2D eigenvalue weighted by atomic mass is 9.83. The van der Waals surface area contributed by atoms with Gasteiger partial charge in [-0.2, -0.15) is 0 Å². The van der Waals surface area contributed by atoms with Gasteiger partial charge in [0.15, 0.2) is 5.78 Å². The zero-order valence-corrected chi connectivity index (χ0v) is 15.2. The number of carbonyl (C=O) groups is 1. The molecule has 2 aromatic rings. The Morgan fingerprint density at radius 1 is 0.958 bits per heavy atom. The Balaban J connectivity index is 2.36. The molecular weight excluding hydrogens is 322 g/mol. The molecular formula is C19H23NO3S. The number of ketones is 1. The Kier molecular flexibility index (Phi) is 5.26. The lowest BCUT2D eigenvalue weighted by Crippen LogP contribution is -2.36. The van der Waals surface area contributed by atoms with Crippen LogP contribution in [0, 0.1) is 5.41 Å². The lowest BCUT2D eigenvalue weighted by molar-refractivity contribution is 0.101. The van der Waals surface area contributed by atoms with Crippen molar-refractivity contribution in [2.24, 2.45) is 5.41 Å². The van der Waals surface area contributed by atoms with Crippen molar-refractivity contribution in [3.05, 3.63) is 65.7 Å². The first-order valence-corrected chi connectivity index (χ1v) is 9.28. The van der Waals surface area contributed by atoms with Crippen molar-refractivity contribution in [1.29, 1.82) is 0 Å². The van der Waals surface area contributed by atoms with Crippen LogP contribution in [0.4, 0.5) is 0 Å². The van der Waals surface area contributed by atoms with Crippen LogP contribution in [0.25, 0.3) is 0 Å². The summed E-state index contributed by atoms with van der Waals surface area (Å²) in [6.07, 6.45) is 0. The summed E-state index contributed by atoms with van der Waals surface area (Å²) in [4.78, 5) is 11.5. The second-order valence-electron chi connectivity index (χ2n) is 6.91. The minimum atomic E-state index is -3.69. The molecule has 0 spiro atoms. The van der Waals surface area contributed by atoms with Gasteiger partial charge in [0.05, 0.1) is 10.9 Å². The summed E-state index contributed by atoms with van der Waals surface area (Å²) >= 11 is 0. The minimum Gasteiger partial charge on any atom is -0.295 e. The van der Waals surface area contributed by atoms with Crippen LogP contribution in [0.3, 0.4) is 0 Å². The predicted octanol–water partition coefficient (Wildman–Crippen LogP) is 3.95. The van der Waals surface area contributed by atoms with Gasteiger partial charge in [-0.1, -0.05) is 63.2 Å². The standard InChI is InChI=1S/C19H23NO3S/c1-14(21)15-10-12-17(13-11-15)24(22,23)20-18(19(2,3)4)16-8-6-5-7-9-16/h5-13,18,20H,1-4H3/t18-/m1/s1. The molecule has 0 heterocycles. The first-order chi connectivity index (χ1) is 11.1. The molecule has 0 aliphatic heterocycles. The maximum atomic E-state index is 12.7. The minimum absolute atomic E-state index is 0.0937. The van der Waals surface area contributed by atoms with Gasteiger partial charge in [0, 0.05) is 5.56 Å². The van der Waals surface area contributed by atoms with Crippen LogP contribution in [0.2, 0.25) is 0 Å². The Hall–Kier alpha value is -1.98. The first kappa shape index (κ1) is 18.4. The molecule has 0 fully saturated rings. The average Bonchev–Trinajstić information content (AvgIpc) is 2.52. The second kappa shape index (κ2) is 6.87. The molecule has 5 heteroatoms. The molecule has 0 saturated carbocycles. The van der Waals surface area contributed by atoms with Gasteiger partial charge in [0.2, 0.25) is 10.0 Å². The molecule has 0 amide bonds. The fraction of sp³-hybridized carbons (Fsp3) is 0.316. The van der Waals surface area contributed by atoms with E-state index in [1.807, 2.05) is 51.1 Å². The van der Waals surface area contributed by atoms with E-state index < -0.39 is 10.0 Å². The van der Waals surface area contributed by atoms with E-state index in [4.69, 9.17) is 0 Å². The van der Waals surface area contributed by atoms with E-state index >= 15 is 0 Å². The number of rotatable bonds is 5. The average molecular weight is 345 g/mol. The van der Waals surface area contributed by atoms with Crippen molar-refractivity contribution in [2.45, 2.75) is 38.6 Å². The summed E-state index contributed by atoms with van der Waals surface area (Å²) < 4.78 is 28.3. The molecule has 0 aliphatic rings. The van der Waals surface area contributed by atoms with Crippen LogP contribution in [0.5, 0.6) is 0 Å². The Labute approximate surface area is 144 Å². The molecule has 0 aromatic heterocycles. The Morgan fingerprint density at radius 3 is 1.96 bits per heavy atom. The third-order valence-electron chi connectivity index (χ3n) is 3.84. The van der Waals surface area contributed by atoms with Crippen molar-refractivity contribution in [3.8, 4) is 0 Å². The molecule has 2 rings (SSSR count). The smallest absolute Gasteiger partial charge is 0.241 e. The molecule has 0 aliphatic carbocycles. The molecule has 24 heavy (non-hydrogen) atoms. The normalized spacial score (nSPS) is 13.5. The highest BCUT2D eigenvalue weighted by Crippen LogP contribution is 2.34. The Bertz CT molecular complexity index is 804. The highest BCUT2D eigenvalue weighted by atomic mass is 32.2. The zero-order chi connectivity index (χ0) is 18.0. The highest BCUT2D eigenvalue weighted by molar-refractivity contribution is 7.89. The third-order valence-corrected chi connectivity index (χ3v) is 5.28. The predicted molar refractivity (Wildman–Crippen MR) is 95.4 cm³/mol. The molecule has 2 aromatic carbocycles. The van der Waals surface area contributed by atoms with Crippen LogP contribution in [0.1, 0.15) is 49.7 Å². The second-order valence-corrected chi connectivity index (χ2v) is 8.63. The summed E-state index contributed by atoms with van der Waals surface area (Å²) in [6.45, 7) is 7.43. The number of benzene rings is 2. The summed E-state index contributed by atoms with van der Waals surface area (Å²) in [6, 6.07) is 15.1. The lowest BCUT2D eigenvalue weighted by Gasteiger charge is -2.31.